The van der Waals surface area contributed by atoms with Crippen LogP contribution in [0.5, 0.6) is 5.75 Å². The van der Waals surface area contributed by atoms with Gasteiger partial charge in [-0.25, -0.2) is 0 Å². The highest BCUT2D eigenvalue weighted by Crippen LogP contribution is 2.20. The first-order chi connectivity index (χ1) is 12.5. The van der Waals surface area contributed by atoms with Crippen molar-refractivity contribution in [1.82, 2.24) is 5.32 Å². The molecule has 0 unspecified atom stereocenters. The number of carbonyl (C=O) groups is 2. The number of anilines is 1. The lowest BCUT2D eigenvalue weighted by Gasteiger charge is -2.24. The number of benzene rings is 2. The number of hydrogen-bond donors (Lipinski definition) is 1. The molecule has 2 amide bonds. The Kier molecular flexibility index (Phi) is 7.21. The fraction of sp³-hybridized carbons (Fsp3) is 0.333. The predicted octanol–water partition coefficient (Wildman–Crippen LogP) is 2.97. The number of rotatable bonds is 8. The van der Waals surface area contributed by atoms with Gasteiger partial charge in [0, 0.05) is 25.7 Å². The van der Waals surface area contributed by atoms with Gasteiger partial charge < -0.3 is 15.0 Å². The fourth-order valence-corrected chi connectivity index (χ4v) is 2.82. The summed E-state index contributed by atoms with van der Waals surface area (Å²) < 4.78 is 5.11. The van der Waals surface area contributed by atoms with Crippen molar-refractivity contribution in [2.45, 2.75) is 26.7 Å². The molecule has 0 radical (unpaired) electrons. The van der Waals surface area contributed by atoms with Gasteiger partial charge in [-0.2, -0.15) is 0 Å². The SMILES string of the molecule is CCc1ccccc1N(CCNC(=O)Cc1ccc(OC)cc1)C(C)=O. The molecule has 2 aromatic rings. The van der Waals surface area contributed by atoms with Gasteiger partial charge in [-0.3, -0.25) is 9.59 Å². The zero-order valence-electron chi connectivity index (χ0n) is 15.6. The van der Waals surface area contributed by atoms with E-state index in [1.54, 1.807) is 18.9 Å². The minimum atomic E-state index is -0.0672. The van der Waals surface area contributed by atoms with E-state index in [4.69, 9.17) is 4.74 Å². The third-order valence-corrected chi connectivity index (χ3v) is 4.22. The normalized spacial score (nSPS) is 10.3. The van der Waals surface area contributed by atoms with Crippen molar-refractivity contribution < 1.29 is 14.3 Å². The summed E-state index contributed by atoms with van der Waals surface area (Å²) in [7, 11) is 1.61. The molecule has 26 heavy (non-hydrogen) atoms. The zero-order chi connectivity index (χ0) is 18.9. The highest BCUT2D eigenvalue weighted by atomic mass is 16.5. The van der Waals surface area contributed by atoms with Crippen LogP contribution in [0.2, 0.25) is 0 Å². The standard InChI is InChI=1S/C21H26N2O3/c1-4-18-7-5-6-8-20(18)23(16(2)24)14-13-22-21(25)15-17-9-11-19(26-3)12-10-17/h5-12H,4,13-15H2,1-3H3,(H,22,25). The van der Waals surface area contributed by atoms with Gasteiger partial charge in [0.25, 0.3) is 0 Å². The number of ether oxygens (including phenoxy) is 1. The second-order valence-corrected chi connectivity index (χ2v) is 6.03. The molecule has 5 heteroatoms. The lowest BCUT2D eigenvalue weighted by atomic mass is 10.1. The summed E-state index contributed by atoms with van der Waals surface area (Å²) in [5.41, 5.74) is 2.95. The number of para-hydroxylation sites is 1. The van der Waals surface area contributed by atoms with E-state index in [0.29, 0.717) is 19.5 Å². The number of nitrogens with zero attached hydrogens (tertiary/aromatic N) is 1. The monoisotopic (exact) mass is 354 g/mol. The Morgan fingerprint density at radius 2 is 1.77 bits per heavy atom. The van der Waals surface area contributed by atoms with E-state index in [2.05, 4.69) is 12.2 Å². The number of methoxy groups -OCH3 is 1. The zero-order valence-corrected chi connectivity index (χ0v) is 15.6. The Labute approximate surface area is 155 Å². The minimum Gasteiger partial charge on any atom is -0.497 e. The summed E-state index contributed by atoms with van der Waals surface area (Å²) in [4.78, 5) is 25.9. The highest BCUT2D eigenvalue weighted by Gasteiger charge is 2.14. The van der Waals surface area contributed by atoms with E-state index in [1.807, 2.05) is 48.5 Å². The molecule has 0 heterocycles. The molecule has 0 saturated carbocycles. The van der Waals surface area contributed by atoms with Crippen LogP contribution in [0.25, 0.3) is 0 Å². The Balaban J connectivity index is 1.91. The van der Waals surface area contributed by atoms with Gasteiger partial charge in [0.1, 0.15) is 5.75 Å². The van der Waals surface area contributed by atoms with E-state index in [-0.39, 0.29) is 11.8 Å². The molecule has 0 aromatic heterocycles. The van der Waals surface area contributed by atoms with Gasteiger partial charge in [-0.05, 0) is 35.7 Å². The van der Waals surface area contributed by atoms with Gasteiger partial charge in [-0.15, -0.1) is 0 Å². The maximum Gasteiger partial charge on any atom is 0.224 e. The molecule has 0 atom stereocenters. The molecule has 0 bridgehead atoms. The average molecular weight is 354 g/mol. The van der Waals surface area contributed by atoms with Crippen molar-refractivity contribution >= 4 is 17.5 Å². The topological polar surface area (TPSA) is 58.6 Å². The van der Waals surface area contributed by atoms with Crippen LogP contribution < -0.4 is 15.0 Å². The third kappa shape index (κ3) is 5.34. The molecule has 0 aliphatic carbocycles. The van der Waals surface area contributed by atoms with Crippen molar-refractivity contribution in [3.05, 3.63) is 59.7 Å². The lowest BCUT2D eigenvalue weighted by Crippen LogP contribution is -2.38. The second-order valence-electron chi connectivity index (χ2n) is 6.03. The first kappa shape index (κ1) is 19.5. The van der Waals surface area contributed by atoms with Crippen LogP contribution in [0.1, 0.15) is 25.0 Å². The van der Waals surface area contributed by atoms with E-state index < -0.39 is 0 Å². The van der Waals surface area contributed by atoms with Crippen molar-refractivity contribution in [3.63, 3.8) is 0 Å². The molecular weight excluding hydrogens is 328 g/mol. The molecule has 0 aliphatic rings. The first-order valence-corrected chi connectivity index (χ1v) is 8.80. The van der Waals surface area contributed by atoms with Crippen LogP contribution in [-0.4, -0.2) is 32.0 Å². The smallest absolute Gasteiger partial charge is 0.224 e. The third-order valence-electron chi connectivity index (χ3n) is 4.22. The Morgan fingerprint density at radius 3 is 2.38 bits per heavy atom. The van der Waals surface area contributed by atoms with Crippen LogP contribution in [0.3, 0.4) is 0 Å². The van der Waals surface area contributed by atoms with Crippen LogP contribution in [0.15, 0.2) is 48.5 Å². The summed E-state index contributed by atoms with van der Waals surface area (Å²) in [6, 6.07) is 15.3. The summed E-state index contributed by atoms with van der Waals surface area (Å²) in [6.45, 7) is 4.46. The molecule has 2 aromatic carbocycles. The fourth-order valence-electron chi connectivity index (χ4n) is 2.82. The van der Waals surface area contributed by atoms with Crippen molar-refractivity contribution in [2.24, 2.45) is 0 Å². The molecule has 0 aliphatic heterocycles. The number of hydrogen-bond acceptors (Lipinski definition) is 3. The molecule has 0 fully saturated rings. The second kappa shape index (κ2) is 9.61. The molecule has 1 N–H and O–H groups in total. The number of nitrogens with one attached hydrogen (secondary N) is 1. The Hall–Kier alpha value is -2.82. The van der Waals surface area contributed by atoms with E-state index >= 15 is 0 Å². The van der Waals surface area contributed by atoms with Gasteiger partial charge in [0.05, 0.1) is 13.5 Å². The van der Waals surface area contributed by atoms with Gasteiger partial charge in [0.2, 0.25) is 11.8 Å². The summed E-state index contributed by atoms with van der Waals surface area (Å²) >= 11 is 0. The summed E-state index contributed by atoms with van der Waals surface area (Å²) in [6.07, 6.45) is 1.15. The predicted molar refractivity (Wildman–Crippen MR) is 104 cm³/mol. The molecule has 138 valence electrons. The number of aryl methyl sites for hydroxylation is 1. The Morgan fingerprint density at radius 1 is 1.08 bits per heavy atom. The van der Waals surface area contributed by atoms with Crippen LogP contribution in [0, 0.1) is 0 Å². The maximum absolute atomic E-state index is 12.1. The summed E-state index contributed by atoms with van der Waals surface area (Å²) in [5, 5.41) is 2.89. The largest absolute Gasteiger partial charge is 0.497 e. The Bertz CT molecular complexity index is 741. The molecule has 0 saturated heterocycles. The first-order valence-electron chi connectivity index (χ1n) is 8.80. The lowest BCUT2D eigenvalue weighted by molar-refractivity contribution is -0.121. The van der Waals surface area contributed by atoms with E-state index in [1.165, 1.54) is 0 Å². The molecule has 0 spiro atoms. The molecule has 5 nitrogen and oxygen atoms in total. The number of carbonyl (C=O) groups excluding carboxylic acids is 2. The van der Waals surface area contributed by atoms with E-state index in [9.17, 15) is 9.59 Å². The van der Waals surface area contributed by atoms with E-state index in [0.717, 1.165) is 29.0 Å². The summed E-state index contributed by atoms with van der Waals surface area (Å²) in [5.74, 6) is 0.665. The van der Waals surface area contributed by atoms with Crippen molar-refractivity contribution in [1.29, 1.82) is 0 Å². The van der Waals surface area contributed by atoms with Crippen LogP contribution in [-0.2, 0) is 22.4 Å². The van der Waals surface area contributed by atoms with Gasteiger partial charge >= 0.3 is 0 Å². The average Bonchev–Trinajstić information content (AvgIpc) is 2.65. The van der Waals surface area contributed by atoms with Gasteiger partial charge in [0.15, 0.2) is 0 Å². The van der Waals surface area contributed by atoms with Gasteiger partial charge in [-0.1, -0.05) is 37.3 Å². The molecular formula is C21H26N2O3. The maximum atomic E-state index is 12.1. The van der Waals surface area contributed by atoms with Crippen LogP contribution >= 0.6 is 0 Å². The van der Waals surface area contributed by atoms with Crippen molar-refractivity contribution in [2.75, 3.05) is 25.1 Å². The highest BCUT2D eigenvalue weighted by molar-refractivity contribution is 5.92. The molecule has 2 rings (SSSR count). The number of amides is 2. The quantitative estimate of drug-likeness (QED) is 0.793. The van der Waals surface area contributed by atoms with Crippen molar-refractivity contribution in [3.8, 4) is 5.75 Å². The minimum absolute atomic E-state index is 0.0321. The van der Waals surface area contributed by atoms with Crippen LogP contribution in [0.4, 0.5) is 5.69 Å².